The van der Waals surface area contributed by atoms with Crippen molar-refractivity contribution in [1.29, 1.82) is 0 Å². The molecule has 0 fully saturated rings. The molecule has 0 aliphatic carbocycles. The summed E-state index contributed by atoms with van der Waals surface area (Å²) < 4.78 is 5.12. The second-order valence-corrected chi connectivity index (χ2v) is 8.50. The zero-order valence-corrected chi connectivity index (χ0v) is 18.7. The smallest absolute Gasteiger partial charge is 0.341 e. The highest BCUT2D eigenvalue weighted by Gasteiger charge is 2.28. The number of aryl methyl sites for hydroxylation is 1. The van der Waals surface area contributed by atoms with Crippen LogP contribution in [0.3, 0.4) is 0 Å². The van der Waals surface area contributed by atoms with Gasteiger partial charge in [-0.3, -0.25) is 9.59 Å². The van der Waals surface area contributed by atoms with Gasteiger partial charge in [0.15, 0.2) is 0 Å². The van der Waals surface area contributed by atoms with Gasteiger partial charge >= 0.3 is 5.97 Å². The summed E-state index contributed by atoms with van der Waals surface area (Å²) in [5, 5.41) is 6.26. The molecule has 6 nitrogen and oxygen atoms in total. The predicted octanol–water partition coefficient (Wildman–Crippen LogP) is 4.59. The average Bonchev–Trinajstić information content (AvgIpc) is 2.93. The van der Waals surface area contributed by atoms with Crippen molar-refractivity contribution >= 4 is 45.7 Å². The van der Waals surface area contributed by atoms with E-state index in [-0.39, 0.29) is 12.5 Å². The Morgan fingerprint density at radius 1 is 1.17 bits per heavy atom. The first-order chi connectivity index (χ1) is 13.7. The minimum atomic E-state index is -0.809. The Balaban J connectivity index is 2.25. The fourth-order valence-corrected chi connectivity index (χ4v) is 4.03. The molecule has 0 aliphatic heterocycles. The van der Waals surface area contributed by atoms with Gasteiger partial charge in [0.2, 0.25) is 5.91 Å². The number of thiophene rings is 1. The number of carbonyl (C=O) groups excluding carboxylic acids is 3. The van der Waals surface area contributed by atoms with Crippen LogP contribution in [0.5, 0.6) is 0 Å². The molecule has 2 rings (SSSR count). The second-order valence-electron chi connectivity index (χ2n) is 6.87. The van der Waals surface area contributed by atoms with E-state index in [4.69, 9.17) is 16.3 Å². The van der Waals surface area contributed by atoms with Gasteiger partial charge in [0.25, 0.3) is 5.91 Å². The minimum Gasteiger partial charge on any atom is -0.462 e. The van der Waals surface area contributed by atoms with Gasteiger partial charge in [0, 0.05) is 4.88 Å². The van der Waals surface area contributed by atoms with Crippen molar-refractivity contribution in [3.8, 4) is 0 Å². The fourth-order valence-electron chi connectivity index (χ4n) is 2.75. The Labute approximate surface area is 179 Å². The Kier molecular flexibility index (Phi) is 7.81. The number of hydrogen-bond acceptors (Lipinski definition) is 5. The molecule has 0 aliphatic rings. The number of carbonyl (C=O) groups is 3. The minimum absolute atomic E-state index is 0.186. The summed E-state index contributed by atoms with van der Waals surface area (Å²) in [5.41, 5.74) is 1.41. The standard InChI is InChI=1S/C21H25ClN2O4S/c1-6-28-21(27)16-12(4)13(5)29-20(16)24-19(26)17(11(2)3)23-18(25)14-9-7-8-10-15(14)22/h7-11,17H,6H2,1-5H3,(H,23,25)(H,24,26)/t17-/m0/s1. The van der Waals surface area contributed by atoms with Crippen LogP contribution in [0.1, 0.15) is 51.9 Å². The molecule has 1 aromatic heterocycles. The number of halogens is 1. The van der Waals surface area contributed by atoms with Gasteiger partial charge in [-0.25, -0.2) is 4.79 Å². The van der Waals surface area contributed by atoms with E-state index < -0.39 is 23.8 Å². The topological polar surface area (TPSA) is 84.5 Å². The molecule has 1 heterocycles. The fraction of sp³-hybridized carbons (Fsp3) is 0.381. The maximum atomic E-state index is 13.0. The lowest BCUT2D eigenvalue weighted by Gasteiger charge is -2.22. The van der Waals surface area contributed by atoms with E-state index in [1.807, 2.05) is 27.7 Å². The van der Waals surface area contributed by atoms with Gasteiger partial charge in [-0.1, -0.05) is 37.6 Å². The molecule has 156 valence electrons. The third-order valence-corrected chi connectivity index (χ3v) is 5.91. The Bertz CT molecular complexity index is 923. The highest BCUT2D eigenvalue weighted by molar-refractivity contribution is 7.16. The number of rotatable bonds is 7. The lowest BCUT2D eigenvalue weighted by molar-refractivity contribution is -0.118. The van der Waals surface area contributed by atoms with Crippen molar-refractivity contribution in [3.63, 3.8) is 0 Å². The van der Waals surface area contributed by atoms with Gasteiger partial charge < -0.3 is 15.4 Å². The SMILES string of the molecule is CCOC(=O)c1c(NC(=O)[C@@H](NC(=O)c2ccccc2Cl)C(C)C)sc(C)c1C. The van der Waals surface area contributed by atoms with Crippen molar-refractivity contribution in [1.82, 2.24) is 5.32 Å². The summed E-state index contributed by atoms with van der Waals surface area (Å²) in [7, 11) is 0. The molecular formula is C21H25ClN2O4S. The molecule has 8 heteroatoms. The van der Waals surface area contributed by atoms with Gasteiger partial charge in [0.1, 0.15) is 11.0 Å². The second kappa shape index (κ2) is 9.89. The van der Waals surface area contributed by atoms with Crippen LogP contribution in [0, 0.1) is 19.8 Å². The van der Waals surface area contributed by atoms with Crippen molar-refractivity contribution in [2.45, 2.75) is 40.7 Å². The van der Waals surface area contributed by atoms with Crippen molar-refractivity contribution in [3.05, 3.63) is 50.9 Å². The number of benzene rings is 1. The maximum Gasteiger partial charge on any atom is 0.341 e. The highest BCUT2D eigenvalue weighted by Crippen LogP contribution is 2.33. The number of anilines is 1. The summed E-state index contributed by atoms with van der Waals surface area (Å²) in [6.45, 7) is 9.31. The van der Waals surface area contributed by atoms with Crippen LogP contribution in [0.4, 0.5) is 5.00 Å². The van der Waals surface area contributed by atoms with Crippen molar-refractivity contribution in [2.24, 2.45) is 5.92 Å². The molecule has 2 aromatic rings. The molecule has 0 spiro atoms. The Morgan fingerprint density at radius 2 is 1.83 bits per heavy atom. The first-order valence-corrected chi connectivity index (χ1v) is 10.5. The Hall–Kier alpha value is -2.38. The van der Waals surface area contributed by atoms with E-state index >= 15 is 0 Å². The zero-order chi connectivity index (χ0) is 21.7. The van der Waals surface area contributed by atoms with Crippen LogP contribution < -0.4 is 10.6 Å². The molecule has 0 bridgehead atoms. The normalized spacial score (nSPS) is 11.8. The molecule has 2 amide bonds. The first-order valence-electron chi connectivity index (χ1n) is 9.30. The zero-order valence-electron chi connectivity index (χ0n) is 17.1. The van der Waals surface area contributed by atoms with Crippen LogP contribution in [0.2, 0.25) is 5.02 Å². The number of nitrogens with one attached hydrogen (secondary N) is 2. The number of hydrogen-bond donors (Lipinski definition) is 2. The van der Waals surface area contributed by atoms with E-state index in [1.165, 1.54) is 11.3 Å². The molecule has 29 heavy (non-hydrogen) atoms. The molecule has 1 aromatic carbocycles. The highest BCUT2D eigenvalue weighted by atomic mass is 35.5. The quantitative estimate of drug-likeness (QED) is 0.622. The van der Waals surface area contributed by atoms with Gasteiger partial charge in [-0.15, -0.1) is 11.3 Å². The van der Waals surface area contributed by atoms with Gasteiger partial charge in [0.05, 0.1) is 22.8 Å². The lowest BCUT2D eigenvalue weighted by atomic mass is 10.0. The summed E-state index contributed by atoms with van der Waals surface area (Å²) in [6.07, 6.45) is 0. The Morgan fingerprint density at radius 3 is 2.41 bits per heavy atom. The summed E-state index contributed by atoms with van der Waals surface area (Å²) in [5.74, 6) is -1.51. The maximum absolute atomic E-state index is 13.0. The first kappa shape index (κ1) is 22.9. The molecule has 0 saturated carbocycles. The molecule has 1 atom stereocenters. The van der Waals surface area contributed by atoms with E-state index in [1.54, 1.807) is 31.2 Å². The monoisotopic (exact) mass is 436 g/mol. The predicted molar refractivity (Wildman–Crippen MR) is 116 cm³/mol. The van der Waals surface area contributed by atoms with E-state index in [0.717, 1.165) is 10.4 Å². The van der Waals surface area contributed by atoms with Crippen LogP contribution in [0.25, 0.3) is 0 Å². The number of ether oxygens (including phenoxy) is 1. The molecule has 0 saturated heterocycles. The van der Waals surface area contributed by atoms with E-state index in [2.05, 4.69) is 10.6 Å². The summed E-state index contributed by atoms with van der Waals surface area (Å²) in [6, 6.07) is 5.83. The van der Waals surface area contributed by atoms with Gasteiger partial charge in [-0.2, -0.15) is 0 Å². The van der Waals surface area contributed by atoms with Crippen LogP contribution in [-0.2, 0) is 9.53 Å². The summed E-state index contributed by atoms with van der Waals surface area (Å²) >= 11 is 7.39. The third-order valence-electron chi connectivity index (χ3n) is 4.46. The van der Waals surface area contributed by atoms with Crippen molar-refractivity contribution in [2.75, 3.05) is 11.9 Å². The van der Waals surface area contributed by atoms with Crippen LogP contribution in [0.15, 0.2) is 24.3 Å². The van der Waals surface area contributed by atoms with E-state index in [0.29, 0.717) is 21.2 Å². The third kappa shape index (κ3) is 5.36. The molecular weight excluding hydrogens is 412 g/mol. The molecule has 0 unspecified atom stereocenters. The number of esters is 1. The lowest BCUT2D eigenvalue weighted by Crippen LogP contribution is -2.47. The van der Waals surface area contributed by atoms with E-state index in [9.17, 15) is 14.4 Å². The molecule has 2 N–H and O–H groups in total. The average molecular weight is 437 g/mol. The van der Waals surface area contributed by atoms with Crippen LogP contribution >= 0.6 is 22.9 Å². The number of amides is 2. The van der Waals surface area contributed by atoms with Gasteiger partial charge in [-0.05, 0) is 44.4 Å². The largest absolute Gasteiger partial charge is 0.462 e. The summed E-state index contributed by atoms with van der Waals surface area (Å²) in [4.78, 5) is 38.8. The molecule has 0 radical (unpaired) electrons. The van der Waals surface area contributed by atoms with Crippen molar-refractivity contribution < 1.29 is 19.1 Å². The van der Waals surface area contributed by atoms with Crippen LogP contribution in [-0.4, -0.2) is 30.4 Å².